The van der Waals surface area contributed by atoms with E-state index in [-0.39, 0.29) is 34.6 Å². The fraction of sp³-hybridized carbons (Fsp3) is 0.318. The van der Waals surface area contributed by atoms with Gasteiger partial charge in [-0.15, -0.1) is 22.0 Å². The molecule has 5 rings (SSSR count). The lowest BCUT2D eigenvalue weighted by atomic mass is 9.89. The number of hydrogen-bond donors (Lipinski definition) is 4. The number of anilines is 1. The van der Waals surface area contributed by atoms with Gasteiger partial charge in [0, 0.05) is 35.1 Å². The number of oxime groups is 1. The number of aliphatic carboxylic acids is 2. The second-order valence-electron chi connectivity index (χ2n) is 8.83. The zero-order valence-corrected chi connectivity index (χ0v) is 23.9. The number of rotatable bonds is 11. The van der Waals surface area contributed by atoms with Crippen LogP contribution in [0.4, 0.5) is 5.13 Å². The van der Waals surface area contributed by atoms with E-state index in [9.17, 15) is 29.4 Å². The lowest BCUT2D eigenvalue weighted by molar-refractivity contribution is -0.157. The van der Waals surface area contributed by atoms with Crippen molar-refractivity contribution in [3.8, 4) is 0 Å². The maximum absolute atomic E-state index is 13.3. The minimum absolute atomic E-state index is 0.0310. The van der Waals surface area contributed by atoms with Crippen LogP contribution in [0.5, 0.6) is 0 Å². The first-order valence-corrected chi connectivity index (χ1v) is 15.3. The minimum atomic E-state index is -1.54. The molecular formula is C22H20N8O7S4. The molecule has 2 aliphatic rings. The lowest BCUT2D eigenvalue weighted by Crippen LogP contribution is -2.74. The molecule has 5 N–H and O–H groups in total. The SMILES string of the molecule is Nc1nc(C(=NOC(C(=O)O)c2ccccc2)C(=O)NC2C(=O)N3CC(CSc4nncs4)(C(=O)O)CS[C@H]23)ns1. The van der Waals surface area contributed by atoms with E-state index in [0.717, 1.165) is 11.5 Å². The summed E-state index contributed by atoms with van der Waals surface area (Å²) in [6.45, 7) is -0.0391. The van der Waals surface area contributed by atoms with Gasteiger partial charge in [-0.05, 0) is 0 Å². The number of β-lactam (4-membered cyclic amide) rings is 1. The molecule has 1 aromatic carbocycles. The van der Waals surface area contributed by atoms with Crippen LogP contribution in [0.25, 0.3) is 0 Å². The van der Waals surface area contributed by atoms with Gasteiger partial charge < -0.3 is 31.0 Å². The summed E-state index contributed by atoms with van der Waals surface area (Å²) in [5.41, 5.74) is 5.81. The third-order valence-electron chi connectivity index (χ3n) is 6.14. The topological polar surface area (TPSA) is 223 Å². The van der Waals surface area contributed by atoms with Crippen LogP contribution in [-0.4, -0.2) is 93.6 Å². The number of nitrogens with two attached hydrogens (primary N) is 1. The van der Waals surface area contributed by atoms with Crippen LogP contribution in [0.3, 0.4) is 0 Å². The Morgan fingerprint density at radius 3 is 2.71 bits per heavy atom. The summed E-state index contributed by atoms with van der Waals surface area (Å²) in [6.07, 6.45) is -1.54. The number of fused-ring (bicyclic) bond motifs is 1. The van der Waals surface area contributed by atoms with Gasteiger partial charge in [0.15, 0.2) is 9.47 Å². The number of thioether (sulfide) groups is 2. The van der Waals surface area contributed by atoms with Gasteiger partial charge in [0.2, 0.25) is 23.5 Å². The van der Waals surface area contributed by atoms with Crippen LogP contribution in [0.1, 0.15) is 17.5 Å². The first-order chi connectivity index (χ1) is 19.7. The van der Waals surface area contributed by atoms with Crippen LogP contribution >= 0.6 is 46.4 Å². The summed E-state index contributed by atoms with van der Waals surface area (Å²) in [5.74, 6) is -3.57. The monoisotopic (exact) mass is 636 g/mol. The molecule has 4 heterocycles. The van der Waals surface area contributed by atoms with Crippen LogP contribution in [-0.2, 0) is 24.0 Å². The Balaban J connectivity index is 1.30. The molecule has 41 heavy (non-hydrogen) atoms. The number of carbonyl (C=O) groups excluding carboxylic acids is 2. The van der Waals surface area contributed by atoms with E-state index >= 15 is 0 Å². The Bertz CT molecular complexity index is 1490. The summed E-state index contributed by atoms with van der Waals surface area (Å²) in [5, 5.41) is 33.2. The van der Waals surface area contributed by atoms with E-state index in [1.807, 2.05) is 0 Å². The first-order valence-electron chi connectivity index (χ1n) is 11.6. The Hall–Kier alpha value is -3.81. The van der Waals surface area contributed by atoms with Crippen molar-refractivity contribution in [1.29, 1.82) is 0 Å². The Morgan fingerprint density at radius 1 is 1.29 bits per heavy atom. The average molecular weight is 637 g/mol. The van der Waals surface area contributed by atoms with E-state index in [4.69, 9.17) is 10.6 Å². The van der Waals surface area contributed by atoms with E-state index in [0.29, 0.717) is 4.34 Å². The van der Waals surface area contributed by atoms with Crippen molar-refractivity contribution < 1.29 is 34.2 Å². The lowest BCUT2D eigenvalue weighted by Gasteiger charge is -2.53. The number of hydrogen-bond acceptors (Lipinski definition) is 15. The van der Waals surface area contributed by atoms with Crippen molar-refractivity contribution >= 4 is 81.0 Å². The highest BCUT2D eigenvalue weighted by molar-refractivity contribution is 8.01. The molecule has 2 amide bonds. The molecule has 2 aromatic heterocycles. The molecular weight excluding hydrogens is 617 g/mol. The van der Waals surface area contributed by atoms with Crippen LogP contribution < -0.4 is 11.1 Å². The number of aromatic nitrogens is 4. The van der Waals surface area contributed by atoms with E-state index in [1.165, 1.54) is 51.9 Å². The highest BCUT2D eigenvalue weighted by Crippen LogP contribution is 2.44. The summed E-state index contributed by atoms with van der Waals surface area (Å²) >= 11 is 4.58. The third-order valence-corrected chi connectivity index (χ3v) is 10.4. The predicted octanol–water partition coefficient (Wildman–Crippen LogP) is 0.782. The molecule has 4 atom stereocenters. The summed E-state index contributed by atoms with van der Waals surface area (Å²) in [4.78, 5) is 61.0. The molecule has 2 aliphatic heterocycles. The van der Waals surface area contributed by atoms with Gasteiger partial charge in [-0.25, -0.2) is 4.79 Å². The fourth-order valence-corrected chi connectivity index (χ4v) is 7.82. The van der Waals surface area contributed by atoms with Gasteiger partial charge in [-0.2, -0.15) is 9.36 Å². The number of benzene rings is 1. The Morgan fingerprint density at radius 2 is 2.07 bits per heavy atom. The predicted molar refractivity (Wildman–Crippen MR) is 149 cm³/mol. The van der Waals surface area contributed by atoms with Crippen LogP contribution in [0, 0.1) is 5.41 Å². The molecule has 0 saturated carbocycles. The summed E-state index contributed by atoms with van der Waals surface area (Å²) < 4.78 is 4.60. The molecule has 214 valence electrons. The van der Waals surface area contributed by atoms with Gasteiger partial charge >= 0.3 is 11.9 Å². The van der Waals surface area contributed by atoms with Gasteiger partial charge in [0.05, 0.1) is 0 Å². The largest absolute Gasteiger partial charge is 0.481 e. The van der Waals surface area contributed by atoms with E-state index < -0.39 is 52.4 Å². The van der Waals surface area contributed by atoms with Crippen LogP contribution in [0.2, 0.25) is 0 Å². The standard InChI is InChI=1S/C22H20N8O7S4/c23-20-26-14(29-41-20)11(28-37-13(18(33)34)10-4-2-1-3-5-10)15(31)25-12-16(32)30-6-22(19(35)36,7-38-17(12)30)8-39-21-27-24-9-40-21/h1-5,9,12-13,17H,6-8H2,(H,25,31)(H,33,34)(H,35,36)(H2,23,26,29)/t12?,13?,17-,22?/m1/s1. The minimum Gasteiger partial charge on any atom is -0.481 e. The third kappa shape index (κ3) is 5.97. The number of nitrogens with zero attached hydrogens (tertiary/aromatic N) is 6. The quantitative estimate of drug-likeness (QED) is 0.0988. The van der Waals surface area contributed by atoms with Crippen LogP contribution in [0.15, 0.2) is 45.3 Å². The molecule has 3 unspecified atom stereocenters. The zero-order chi connectivity index (χ0) is 29.1. The number of carbonyl (C=O) groups is 4. The molecule has 0 bridgehead atoms. The molecule has 0 spiro atoms. The molecule has 2 saturated heterocycles. The van der Waals surface area contributed by atoms with Crippen molar-refractivity contribution in [2.75, 3.05) is 23.8 Å². The second-order valence-corrected chi connectivity index (χ2v) is 12.8. The number of amides is 2. The smallest absolute Gasteiger partial charge is 0.352 e. The van der Waals surface area contributed by atoms with Crippen molar-refractivity contribution in [3.63, 3.8) is 0 Å². The normalized spacial score (nSPS) is 22.8. The summed E-state index contributed by atoms with van der Waals surface area (Å²) in [6, 6.07) is 7.02. The highest BCUT2D eigenvalue weighted by atomic mass is 32.2. The fourth-order valence-electron chi connectivity index (χ4n) is 4.04. The molecule has 15 nitrogen and oxygen atoms in total. The maximum Gasteiger partial charge on any atom is 0.352 e. The first kappa shape index (κ1) is 28.7. The van der Waals surface area contributed by atoms with Gasteiger partial charge in [0.25, 0.3) is 5.91 Å². The van der Waals surface area contributed by atoms with Crippen molar-refractivity contribution in [2.45, 2.75) is 21.9 Å². The molecule has 2 fully saturated rings. The molecule has 0 radical (unpaired) electrons. The molecule has 0 aliphatic carbocycles. The van der Waals surface area contributed by atoms with Crippen molar-refractivity contribution in [1.82, 2.24) is 29.8 Å². The molecule has 3 aromatic rings. The van der Waals surface area contributed by atoms with Crippen molar-refractivity contribution in [2.24, 2.45) is 10.6 Å². The van der Waals surface area contributed by atoms with Gasteiger partial charge in [0.1, 0.15) is 22.3 Å². The van der Waals surface area contributed by atoms with Gasteiger partial charge in [-0.3, -0.25) is 14.4 Å². The maximum atomic E-state index is 13.3. The average Bonchev–Trinajstić information content (AvgIpc) is 3.64. The van der Waals surface area contributed by atoms with Crippen molar-refractivity contribution in [3.05, 3.63) is 47.2 Å². The number of carboxylic acids is 2. The number of carboxylic acid groups (broad SMARTS) is 2. The van der Waals surface area contributed by atoms with E-state index in [1.54, 1.807) is 23.7 Å². The number of nitrogens with one attached hydrogen (secondary N) is 1. The van der Waals surface area contributed by atoms with Gasteiger partial charge in [-0.1, -0.05) is 58.6 Å². The Kier molecular flexibility index (Phi) is 8.38. The Labute approximate surface area is 247 Å². The molecule has 19 heteroatoms. The highest BCUT2D eigenvalue weighted by Gasteiger charge is 2.57. The zero-order valence-electron chi connectivity index (χ0n) is 20.6. The summed E-state index contributed by atoms with van der Waals surface area (Å²) in [7, 11) is 0. The van der Waals surface area contributed by atoms with E-state index in [2.05, 4.69) is 30.0 Å². The number of nitrogen functional groups attached to an aromatic ring is 1. The second kappa shape index (κ2) is 12.0.